The van der Waals surface area contributed by atoms with Crippen molar-refractivity contribution in [1.82, 2.24) is 10.7 Å². The normalized spacial score (nSPS) is 11.2. The summed E-state index contributed by atoms with van der Waals surface area (Å²) in [5.74, 6) is -2.20. The number of hydrogen-bond acceptors (Lipinski definition) is 6. The van der Waals surface area contributed by atoms with Crippen LogP contribution in [0.2, 0.25) is 0 Å². The van der Waals surface area contributed by atoms with Crippen LogP contribution in [0.25, 0.3) is 0 Å². The average molecular weight is 466 g/mol. The van der Waals surface area contributed by atoms with Crippen LogP contribution in [0.1, 0.15) is 11.1 Å². The maximum Gasteiger partial charge on any atom is 0.416 e. The number of ether oxygens (including phenoxy) is 2. The zero-order valence-corrected chi connectivity index (χ0v) is 17.4. The number of halogens is 3. The molecule has 0 aliphatic heterocycles. The molecule has 2 aromatic carbocycles. The molecule has 0 radical (unpaired) electrons. The fourth-order valence-corrected chi connectivity index (χ4v) is 2.37. The van der Waals surface area contributed by atoms with Crippen LogP contribution in [0.5, 0.6) is 5.75 Å². The average Bonchev–Trinajstić information content (AvgIpc) is 2.77. The Hall–Kier alpha value is -3.93. The number of hydrazone groups is 1. The Morgan fingerprint density at radius 3 is 2.55 bits per heavy atom. The van der Waals surface area contributed by atoms with Crippen LogP contribution >= 0.6 is 0 Å². The van der Waals surface area contributed by atoms with E-state index in [-0.39, 0.29) is 24.6 Å². The van der Waals surface area contributed by atoms with E-state index in [0.717, 1.165) is 12.1 Å². The molecule has 0 unspecified atom stereocenters. The SMILES string of the molecule is COCCNC(=O)C(=O)N/N=C\c1cccc(OCC(=O)Nc2cccc(C(F)(F)F)c2)c1. The number of hydrogen-bond donors (Lipinski definition) is 3. The van der Waals surface area contributed by atoms with Gasteiger partial charge in [0.1, 0.15) is 5.75 Å². The van der Waals surface area contributed by atoms with E-state index in [2.05, 4.69) is 21.2 Å². The number of carbonyl (C=O) groups excluding carboxylic acids is 3. The fourth-order valence-electron chi connectivity index (χ4n) is 2.37. The standard InChI is InChI=1S/C21H21F3N4O5/c1-32-9-8-25-19(30)20(31)28-26-12-14-4-2-7-17(10-14)33-13-18(29)27-16-6-3-5-15(11-16)21(22,23)24/h2-7,10-12H,8-9,13H2,1H3,(H,25,30)(H,27,29)(H,28,31)/b26-12-. The molecule has 3 N–H and O–H groups in total. The fraction of sp³-hybridized carbons (Fsp3) is 0.238. The van der Waals surface area contributed by atoms with Crippen molar-refractivity contribution < 1.29 is 37.0 Å². The number of nitrogens with one attached hydrogen (secondary N) is 3. The Morgan fingerprint density at radius 2 is 1.82 bits per heavy atom. The van der Waals surface area contributed by atoms with Gasteiger partial charge in [-0.15, -0.1) is 0 Å². The van der Waals surface area contributed by atoms with E-state index in [0.29, 0.717) is 5.56 Å². The number of benzene rings is 2. The maximum absolute atomic E-state index is 12.8. The topological polar surface area (TPSA) is 118 Å². The van der Waals surface area contributed by atoms with Gasteiger partial charge >= 0.3 is 18.0 Å². The van der Waals surface area contributed by atoms with Crippen molar-refractivity contribution in [3.8, 4) is 5.75 Å². The summed E-state index contributed by atoms with van der Waals surface area (Å²) in [5, 5.41) is 8.33. The van der Waals surface area contributed by atoms with E-state index in [4.69, 9.17) is 9.47 Å². The van der Waals surface area contributed by atoms with Crippen molar-refractivity contribution in [1.29, 1.82) is 0 Å². The molecule has 0 spiro atoms. The Kier molecular flexibility index (Phi) is 9.36. The van der Waals surface area contributed by atoms with Crippen LogP contribution in [0.15, 0.2) is 53.6 Å². The molecule has 0 aliphatic rings. The van der Waals surface area contributed by atoms with Gasteiger partial charge in [-0.2, -0.15) is 18.3 Å². The zero-order valence-electron chi connectivity index (χ0n) is 17.4. The Bertz CT molecular complexity index is 1010. The zero-order chi connectivity index (χ0) is 24.3. The van der Waals surface area contributed by atoms with Gasteiger partial charge in [-0.05, 0) is 35.9 Å². The smallest absolute Gasteiger partial charge is 0.416 e. The maximum atomic E-state index is 12.8. The molecule has 33 heavy (non-hydrogen) atoms. The second-order valence-corrected chi connectivity index (χ2v) is 6.44. The molecule has 0 aromatic heterocycles. The predicted molar refractivity (Wildman–Crippen MR) is 113 cm³/mol. The molecule has 12 heteroatoms. The van der Waals surface area contributed by atoms with Gasteiger partial charge in [0, 0.05) is 19.3 Å². The quantitative estimate of drug-likeness (QED) is 0.226. The first kappa shape index (κ1) is 25.3. The lowest BCUT2D eigenvalue weighted by molar-refractivity contribution is -0.139. The molecule has 0 saturated heterocycles. The lowest BCUT2D eigenvalue weighted by Gasteiger charge is -2.10. The van der Waals surface area contributed by atoms with E-state index in [9.17, 15) is 27.6 Å². The summed E-state index contributed by atoms with van der Waals surface area (Å²) in [5.41, 5.74) is 1.66. The van der Waals surface area contributed by atoms with E-state index < -0.39 is 36.1 Å². The van der Waals surface area contributed by atoms with E-state index in [1.54, 1.807) is 18.2 Å². The van der Waals surface area contributed by atoms with Gasteiger partial charge in [0.25, 0.3) is 5.91 Å². The summed E-state index contributed by atoms with van der Waals surface area (Å²) in [6.07, 6.45) is -3.26. The van der Waals surface area contributed by atoms with Crippen LogP contribution < -0.4 is 20.8 Å². The number of amides is 3. The monoisotopic (exact) mass is 466 g/mol. The number of methoxy groups -OCH3 is 1. The van der Waals surface area contributed by atoms with Crippen LogP contribution in [-0.2, 0) is 25.3 Å². The van der Waals surface area contributed by atoms with Crippen molar-refractivity contribution in [2.45, 2.75) is 6.18 Å². The molecule has 176 valence electrons. The predicted octanol–water partition coefficient (Wildman–Crippen LogP) is 1.94. The lowest BCUT2D eigenvalue weighted by Crippen LogP contribution is -2.39. The third-order valence-corrected chi connectivity index (χ3v) is 3.88. The number of nitrogens with zero attached hydrogens (tertiary/aromatic N) is 1. The van der Waals surface area contributed by atoms with Crippen molar-refractivity contribution >= 4 is 29.6 Å². The van der Waals surface area contributed by atoms with Crippen LogP contribution in [0.3, 0.4) is 0 Å². The molecule has 0 bridgehead atoms. The highest BCUT2D eigenvalue weighted by molar-refractivity contribution is 6.35. The highest BCUT2D eigenvalue weighted by Crippen LogP contribution is 2.30. The molecule has 0 heterocycles. The number of carbonyl (C=O) groups is 3. The van der Waals surface area contributed by atoms with Gasteiger partial charge in [0.2, 0.25) is 0 Å². The van der Waals surface area contributed by atoms with Gasteiger partial charge in [0.15, 0.2) is 6.61 Å². The first-order chi connectivity index (χ1) is 15.7. The molecule has 0 aliphatic carbocycles. The van der Waals surface area contributed by atoms with Crippen molar-refractivity contribution in [2.75, 3.05) is 32.2 Å². The summed E-state index contributed by atoms with van der Waals surface area (Å²) in [6, 6.07) is 10.5. The third-order valence-electron chi connectivity index (χ3n) is 3.88. The molecule has 2 aromatic rings. The first-order valence-electron chi connectivity index (χ1n) is 9.49. The van der Waals surface area contributed by atoms with Crippen molar-refractivity contribution in [3.63, 3.8) is 0 Å². The van der Waals surface area contributed by atoms with Crippen LogP contribution in [0.4, 0.5) is 18.9 Å². The molecular weight excluding hydrogens is 445 g/mol. The van der Waals surface area contributed by atoms with Crippen molar-refractivity contribution in [3.05, 3.63) is 59.7 Å². The minimum atomic E-state index is -4.52. The summed E-state index contributed by atoms with van der Waals surface area (Å²) in [7, 11) is 1.46. The van der Waals surface area contributed by atoms with Crippen LogP contribution in [-0.4, -0.2) is 50.8 Å². The summed E-state index contributed by atoms with van der Waals surface area (Å²) in [6.45, 7) is -0.0184. The Morgan fingerprint density at radius 1 is 1.06 bits per heavy atom. The first-order valence-corrected chi connectivity index (χ1v) is 9.49. The highest BCUT2D eigenvalue weighted by Gasteiger charge is 2.30. The van der Waals surface area contributed by atoms with Crippen molar-refractivity contribution in [2.24, 2.45) is 5.10 Å². The summed E-state index contributed by atoms with van der Waals surface area (Å²) >= 11 is 0. The Balaban J connectivity index is 1.85. The van der Waals surface area contributed by atoms with E-state index in [1.807, 2.05) is 0 Å². The second kappa shape index (κ2) is 12.2. The largest absolute Gasteiger partial charge is 0.484 e. The van der Waals surface area contributed by atoms with E-state index in [1.165, 1.54) is 31.5 Å². The van der Waals surface area contributed by atoms with Gasteiger partial charge in [-0.25, -0.2) is 5.43 Å². The summed E-state index contributed by atoms with van der Waals surface area (Å²) < 4.78 is 48.3. The van der Waals surface area contributed by atoms with Gasteiger partial charge in [-0.3, -0.25) is 14.4 Å². The number of alkyl halides is 3. The van der Waals surface area contributed by atoms with E-state index >= 15 is 0 Å². The summed E-state index contributed by atoms with van der Waals surface area (Å²) in [4.78, 5) is 35.1. The third kappa shape index (κ3) is 8.99. The molecular formula is C21H21F3N4O5. The van der Waals surface area contributed by atoms with Crippen LogP contribution in [0, 0.1) is 0 Å². The number of anilines is 1. The minimum Gasteiger partial charge on any atom is -0.484 e. The molecule has 0 fully saturated rings. The lowest BCUT2D eigenvalue weighted by atomic mass is 10.2. The molecule has 0 atom stereocenters. The minimum absolute atomic E-state index is 0.0127. The molecule has 0 saturated carbocycles. The van der Waals surface area contributed by atoms with Gasteiger partial charge < -0.3 is 20.1 Å². The Labute approximate surface area is 186 Å². The van der Waals surface area contributed by atoms with Gasteiger partial charge in [0.05, 0.1) is 18.4 Å². The molecule has 9 nitrogen and oxygen atoms in total. The second-order valence-electron chi connectivity index (χ2n) is 6.44. The molecule has 3 amide bonds. The number of rotatable bonds is 9. The van der Waals surface area contributed by atoms with Gasteiger partial charge in [-0.1, -0.05) is 18.2 Å². The molecule has 2 rings (SSSR count). The highest BCUT2D eigenvalue weighted by atomic mass is 19.4.